The highest BCUT2D eigenvalue weighted by Crippen LogP contribution is 2.25. The van der Waals surface area contributed by atoms with Gasteiger partial charge in [-0.15, -0.1) is 5.10 Å². The van der Waals surface area contributed by atoms with Gasteiger partial charge in [0.25, 0.3) is 0 Å². The van der Waals surface area contributed by atoms with Gasteiger partial charge in [0.1, 0.15) is 17.5 Å². The summed E-state index contributed by atoms with van der Waals surface area (Å²) < 4.78 is 13.2. The van der Waals surface area contributed by atoms with Gasteiger partial charge in [0.15, 0.2) is 0 Å². The number of methoxy groups -OCH3 is 1. The van der Waals surface area contributed by atoms with Gasteiger partial charge in [-0.1, -0.05) is 47.7 Å². The molecule has 9 heteroatoms. The summed E-state index contributed by atoms with van der Waals surface area (Å²) >= 11 is 0. The summed E-state index contributed by atoms with van der Waals surface area (Å²) in [6, 6.07) is 16.5. The molecule has 9 nitrogen and oxygen atoms in total. The van der Waals surface area contributed by atoms with Crippen molar-refractivity contribution in [2.45, 2.75) is 44.1 Å². The molecule has 33 heavy (non-hydrogen) atoms. The Morgan fingerprint density at radius 3 is 2.76 bits per heavy atom. The molecule has 174 valence electrons. The number of benzene rings is 2. The van der Waals surface area contributed by atoms with E-state index in [2.05, 4.69) is 20.9 Å². The lowest BCUT2D eigenvalue weighted by Gasteiger charge is -2.36. The Kier molecular flexibility index (Phi) is 7.54. The average molecular weight is 452 g/mol. The maximum atomic E-state index is 12.5. The highest BCUT2D eigenvalue weighted by atomic mass is 16.5. The minimum atomic E-state index is -0.470. The molecule has 1 saturated heterocycles. The number of para-hydroxylation sites is 2. The van der Waals surface area contributed by atoms with Crippen LogP contribution in [0.2, 0.25) is 0 Å². The normalized spacial score (nSPS) is 20.2. The van der Waals surface area contributed by atoms with E-state index in [1.165, 1.54) is 0 Å². The molecule has 1 aliphatic rings. The zero-order valence-electron chi connectivity index (χ0n) is 18.6. The quantitative estimate of drug-likeness (QED) is 0.486. The van der Waals surface area contributed by atoms with E-state index in [0.717, 1.165) is 24.1 Å². The van der Waals surface area contributed by atoms with Gasteiger partial charge in [-0.2, -0.15) is 0 Å². The summed E-state index contributed by atoms with van der Waals surface area (Å²) in [6.45, 7) is 0.493. The van der Waals surface area contributed by atoms with E-state index < -0.39 is 6.10 Å². The molecule has 3 N–H and O–H groups in total. The Labute approximate surface area is 192 Å². The van der Waals surface area contributed by atoms with Crippen LogP contribution in [0.15, 0.2) is 60.8 Å². The molecule has 4 rings (SSSR count). The van der Waals surface area contributed by atoms with Crippen molar-refractivity contribution in [3.8, 4) is 17.0 Å². The molecule has 0 spiro atoms. The van der Waals surface area contributed by atoms with Gasteiger partial charge in [-0.25, -0.2) is 4.79 Å². The molecule has 3 atom stereocenters. The minimum Gasteiger partial charge on any atom is -0.495 e. The molecule has 0 unspecified atom stereocenters. The van der Waals surface area contributed by atoms with Crippen molar-refractivity contribution in [3.63, 3.8) is 0 Å². The topological polar surface area (TPSA) is 111 Å². The van der Waals surface area contributed by atoms with E-state index in [9.17, 15) is 9.90 Å². The number of aromatic nitrogens is 3. The van der Waals surface area contributed by atoms with Crippen molar-refractivity contribution in [1.29, 1.82) is 0 Å². The highest BCUT2D eigenvalue weighted by molar-refractivity contribution is 5.91. The van der Waals surface area contributed by atoms with Gasteiger partial charge in [0, 0.05) is 12.1 Å². The van der Waals surface area contributed by atoms with E-state index in [1.807, 2.05) is 53.3 Å². The number of aryl methyl sites for hydroxylation is 1. The number of anilines is 1. The number of carbonyl (C=O) groups is 1. The molecular weight excluding hydrogens is 422 g/mol. The number of urea groups is 1. The molecule has 0 radical (unpaired) electrons. The third-order valence-electron chi connectivity index (χ3n) is 5.76. The Morgan fingerprint density at radius 1 is 1.18 bits per heavy atom. The molecule has 0 bridgehead atoms. The number of hydrogen-bond acceptors (Lipinski definition) is 6. The number of rotatable bonds is 8. The van der Waals surface area contributed by atoms with Crippen LogP contribution in [0.4, 0.5) is 10.5 Å². The average Bonchev–Trinajstić information content (AvgIpc) is 3.33. The van der Waals surface area contributed by atoms with Gasteiger partial charge in [0.2, 0.25) is 0 Å². The molecule has 0 aliphatic carbocycles. The molecule has 1 aromatic heterocycles. The molecule has 2 amide bonds. The predicted octanol–water partition coefficient (Wildman–Crippen LogP) is 3.07. The number of nitrogens with one attached hydrogen (secondary N) is 2. The number of nitrogens with zero attached hydrogens (tertiary/aromatic N) is 3. The number of aliphatic hydroxyl groups excluding tert-OH is 1. The number of aliphatic hydroxyl groups is 1. The van der Waals surface area contributed by atoms with Crippen LogP contribution in [-0.4, -0.2) is 58.1 Å². The van der Waals surface area contributed by atoms with Gasteiger partial charge in [-0.05, 0) is 31.4 Å². The Balaban J connectivity index is 1.27. The van der Waals surface area contributed by atoms with Crippen LogP contribution in [0.5, 0.6) is 5.75 Å². The molecule has 1 fully saturated rings. The first-order chi connectivity index (χ1) is 16.2. The summed E-state index contributed by atoms with van der Waals surface area (Å²) in [7, 11) is 1.55. The van der Waals surface area contributed by atoms with Gasteiger partial charge in [0.05, 0.1) is 37.7 Å². The van der Waals surface area contributed by atoms with Gasteiger partial charge < -0.3 is 25.2 Å². The lowest BCUT2D eigenvalue weighted by molar-refractivity contribution is -0.0905. The third-order valence-corrected chi connectivity index (χ3v) is 5.76. The summed E-state index contributed by atoms with van der Waals surface area (Å²) in [5, 5.41) is 24.0. The lowest BCUT2D eigenvalue weighted by Crippen LogP contribution is -2.52. The van der Waals surface area contributed by atoms with Crippen molar-refractivity contribution in [1.82, 2.24) is 20.3 Å². The van der Waals surface area contributed by atoms with Crippen LogP contribution < -0.4 is 15.4 Å². The number of amides is 2. The van der Waals surface area contributed by atoms with Crippen LogP contribution in [-0.2, 0) is 11.3 Å². The van der Waals surface area contributed by atoms with Crippen LogP contribution in [0, 0.1) is 0 Å². The zero-order chi connectivity index (χ0) is 23.0. The van der Waals surface area contributed by atoms with E-state index in [0.29, 0.717) is 24.4 Å². The Bertz CT molecular complexity index is 1040. The van der Waals surface area contributed by atoms with Crippen molar-refractivity contribution < 1.29 is 19.4 Å². The second-order valence-electron chi connectivity index (χ2n) is 7.98. The Hall–Kier alpha value is -3.43. The number of carbonyl (C=O) groups excluding carboxylic acids is 1. The summed E-state index contributed by atoms with van der Waals surface area (Å²) in [5.74, 6) is 0.579. The van der Waals surface area contributed by atoms with Gasteiger partial charge >= 0.3 is 6.03 Å². The van der Waals surface area contributed by atoms with E-state index >= 15 is 0 Å². The van der Waals surface area contributed by atoms with Crippen LogP contribution in [0.25, 0.3) is 11.3 Å². The fraction of sp³-hybridized carbons (Fsp3) is 0.375. The van der Waals surface area contributed by atoms with Crippen molar-refractivity contribution in [3.05, 3.63) is 60.8 Å². The van der Waals surface area contributed by atoms with Crippen molar-refractivity contribution >= 4 is 11.7 Å². The standard InChI is InChI=1S/C24H29N5O4/c1-32-22-10-6-5-9-19(22)25-24(31)26-20-12-11-18(33-23(20)16-30)13-14-29-15-21(27-28-29)17-7-3-2-4-8-17/h2-10,15,18,20,23,30H,11-14,16H2,1H3,(H2,25,26,31)/t18-,20-,23+/m1/s1. The first-order valence-corrected chi connectivity index (χ1v) is 11.1. The highest BCUT2D eigenvalue weighted by Gasteiger charge is 2.32. The fourth-order valence-electron chi connectivity index (χ4n) is 4.01. The molecule has 2 heterocycles. The smallest absolute Gasteiger partial charge is 0.319 e. The first-order valence-electron chi connectivity index (χ1n) is 11.1. The summed E-state index contributed by atoms with van der Waals surface area (Å²) in [4.78, 5) is 12.5. The maximum Gasteiger partial charge on any atom is 0.319 e. The lowest BCUT2D eigenvalue weighted by atomic mass is 9.97. The summed E-state index contributed by atoms with van der Waals surface area (Å²) in [5.41, 5.74) is 2.44. The zero-order valence-corrected chi connectivity index (χ0v) is 18.6. The molecule has 1 aliphatic heterocycles. The number of ether oxygens (including phenoxy) is 2. The van der Waals surface area contributed by atoms with E-state index in [1.54, 1.807) is 19.2 Å². The Morgan fingerprint density at radius 2 is 1.97 bits per heavy atom. The van der Waals surface area contributed by atoms with Crippen molar-refractivity contribution in [2.75, 3.05) is 19.0 Å². The second kappa shape index (κ2) is 10.9. The third kappa shape index (κ3) is 5.88. The fourth-order valence-corrected chi connectivity index (χ4v) is 4.01. The second-order valence-corrected chi connectivity index (χ2v) is 7.98. The monoisotopic (exact) mass is 451 g/mol. The predicted molar refractivity (Wildman–Crippen MR) is 124 cm³/mol. The minimum absolute atomic E-state index is 0.0261. The molecular formula is C24H29N5O4. The maximum absolute atomic E-state index is 12.5. The largest absolute Gasteiger partial charge is 0.495 e. The van der Waals surface area contributed by atoms with Crippen LogP contribution in [0.3, 0.4) is 0 Å². The first kappa shape index (κ1) is 22.8. The van der Waals surface area contributed by atoms with Crippen LogP contribution in [0.1, 0.15) is 19.3 Å². The molecule has 3 aromatic rings. The van der Waals surface area contributed by atoms with E-state index in [-0.39, 0.29) is 24.8 Å². The SMILES string of the molecule is COc1ccccc1NC(=O)N[C@@H]1CC[C@H](CCn2cc(-c3ccccc3)nn2)O[C@H]1CO. The molecule has 0 saturated carbocycles. The summed E-state index contributed by atoms with van der Waals surface area (Å²) in [6.07, 6.45) is 3.66. The number of hydrogen-bond donors (Lipinski definition) is 3. The van der Waals surface area contributed by atoms with Crippen LogP contribution >= 0.6 is 0 Å². The van der Waals surface area contributed by atoms with Crippen molar-refractivity contribution in [2.24, 2.45) is 0 Å². The van der Waals surface area contributed by atoms with E-state index in [4.69, 9.17) is 9.47 Å². The molecule has 2 aromatic carbocycles. The van der Waals surface area contributed by atoms with Gasteiger partial charge in [-0.3, -0.25) is 4.68 Å².